The van der Waals surface area contributed by atoms with Crippen LogP contribution in [0, 0.1) is 13.8 Å². The zero-order valence-corrected chi connectivity index (χ0v) is 10.8. The van der Waals surface area contributed by atoms with Crippen molar-refractivity contribution in [2.24, 2.45) is 5.73 Å². The molecule has 16 heavy (non-hydrogen) atoms. The molecule has 0 heterocycles. The summed E-state index contributed by atoms with van der Waals surface area (Å²) < 4.78 is 25.7. The molecule has 1 aromatic rings. The second-order valence-corrected chi connectivity index (χ2v) is 5.89. The van der Waals surface area contributed by atoms with E-state index in [-0.39, 0.29) is 10.7 Å². The van der Waals surface area contributed by atoms with Crippen molar-refractivity contribution in [3.63, 3.8) is 0 Å². The fraction of sp³-hybridized carbons (Fsp3) is 0.300. The van der Waals surface area contributed by atoms with E-state index in [1.807, 2.05) is 26.0 Å². The van der Waals surface area contributed by atoms with Crippen molar-refractivity contribution in [3.05, 3.63) is 29.3 Å². The molecule has 0 radical (unpaired) electrons. The van der Waals surface area contributed by atoms with Gasteiger partial charge in [-0.3, -0.25) is 4.72 Å². The number of sulfonamides is 1. The van der Waals surface area contributed by atoms with Crippen LogP contribution in [0.1, 0.15) is 11.1 Å². The summed E-state index contributed by atoms with van der Waals surface area (Å²) in [4.78, 5) is -0.0437. The number of hydrogen-bond donors (Lipinski definition) is 2. The van der Waals surface area contributed by atoms with Gasteiger partial charge in [0, 0.05) is 0 Å². The lowest BCUT2D eigenvalue weighted by molar-refractivity contribution is 0.605. The van der Waals surface area contributed by atoms with E-state index < -0.39 is 10.0 Å². The molecule has 1 aromatic carbocycles. The Morgan fingerprint density at radius 3 is 2.62 bits per heavy atom. The summed E-state index contributed by atoms with van der Waals surface area (Å²) in [6.45, 7) is 3.73. The molecule has 0 saturated heterocycles. The van der Waals surface area contributed by atoms with E-state index >= 15 is 0 Å². The van der Waals surface area contributed by atoms with Crippen LogP contribution >= 0.6 is 12.2 Å². The molecule has 0 unspecified atom stereocenters. The van der Waals surface area contributed by atoms with Crippen LogP contribution in [0.25, 0.3) is 0 Å². The SMILES string of the molecule is Cc1ccc(C)c(NS(=O)(=O)CC(N)=S)c1. The van der Waals surface area contributed by atoms with Crippen molar-refractivity contribution >= 4 is 32.9 Å². The van der Waals surface area contributed by atoms with Crippen molar-refractivity contribution in [1.82, 2.24) is 0 Å². The second kappa shape index (κ2) is 4.80. The number of rotatable bonds is 4. The first-order valence-corrected chi connectivity index (χ1v) is 6.72. The highest BCUT2D eigenvalue weighted by molar-refractivity contribution is 7.95. The van der Waals surface area contributed by atoms with Gasteiger partial charge in [-0.25, -0.2) is 8.42 Å². The van der Waals surface area contributed by atoms with Crippen LogP contribution in [0.3, 0.4) is 0 Å². The van der Waals surface area contributed by atoms with Crippen LogP contribution < -0.4 is 10.5 Å². The Labute approximate surface area is 101 Å². The smallest absolute Gasteiger partial charge is 0.239 e. The third kappa shape index (κ3) is 3.79. The van der Waals surface area contributed by atoms with E-state index in [4.69, 9.17) is 5.73 Å². The lowest BCUT2D eigenvalue weighted by atomic mass is 10.1. The summed E-state index contributed by atoms with van der Waals surface area (Å²) >= 11 is 4.58. The molecule has 0 aromatic heterocycles. The molecule has 0 saturated carbocycles. The normalized spacial score (nSPS) is 11.1. The topological polar surface area (TPSA) is 72.2 Å². The monoisotopic (exact) mass is 258 g/mol. The molecular formula is C10H14N2O2S2. The van der Waals surface area contributed by atoms with E-state index in [0.717, 1.165) is 11.1 Å². The Morgan fingerprint density at radius 2 is 2.06 bits per heavy atom. The number of anilines is 1. The lowest BCUT2D eigenvalue weighted by Gasteiger charge is -2.10. The predicted octanol–water partition coefficient (Wildman–Crippen LogP) is 1.33. The third-order valence-corrected chi connectivity index (χ3v) is 3.54. The molecule has 4 nitrogen and oxygen atoms in total. The Balaban J connectivity index is 2.96. The maximum atomic E-state index is 11.6. The van der Waals surface area contributed by atoms with E-state index in [1.165, 1.54) is 0 Å². The summed E-state index contributed by atoms with van der Waals surface area (Å²) in [5.74, 6) is -0.338. The van der Waals surface area contributed by atoms with Crippen molar-refractivity contribution < 1.29 is 8.42 Å². The molecular weight excluding hydrogens is 244 g/mol. The van der Waals surface area contributed by atoms with Crippen molar-refractivity contribution in [1.29, 1.82) is 0 Å². The molecule has 0 spiro atoms. The standard InChI is InChI=1S/C10H14N2O2S2/c1-7-3-4-8(2)9(5-7)12-16(13,14)6-10(11)15/h3-5,12H,6H2,1-2H3,(H2,11,15). The molecule has 0 fully saturated rings. The molecule has 6 heteroatoms. The van der Waals surface area contributed by atoms with E-state index in [2.05, 4.69) is 16.9 Å². The quantitative estimate of drug-likeness (QED) is 0.799. The van der Waals surface area contributed by atoms with Gasteiger partial charge < -0.3 is 5.73 Å². The zero-order valence-electron chi connectivity index (χ0n) is 9.15. The summed E-state index contributed by atoms with van der Waals surface area (Å²) in [5.41, 5.74) is 7.62. The minimum Gasteiger partial charge on any atom is -0.392 e. The highest BCUT2D eigenvalue weighted by atomic mass is 32.2. The average Bonchev–Trinajstić information content (AvgIpc) is 2.08. The first-order valence-electron chi connectivity index (χ1n) is 4.66. The molecule has 88 valence electrons. The minimum atomic E-state index is -3.49. The fourth-order valence-electron chi connectivity index (χ4n) is 1.24. The lowest BCUT2D eigenvalue weighted by Crippen LogP contribution is -2.26. The molecule has 0 aliphatic carbocycles. The Bertz CT molecular complexity index is 510. The molecule has 0 amide bonds. The Morgan fingerprint density at radius 1 is 1.44 bits per heavy atom. The number of nitrogens with two attached hydrogens (primary N) is 1. The third-order valence-electron chi connectivity index (χ3n) is 1.99. The van der Waals surface area contributed by atoms with Gasteiger partial charge in [0.25, 0.3) is 0 Å². The van der Waals surface area contributed by atoms with Crippen molar-refractivity contribution in [2.75, 3.05) is 10.5 Å². The maximum absolute atomic E-state index is 11.6. The highest BCUT2D eigenvalue weighted by Gasteiger charge is 2.13. The van der Waals surface area contributed by atoms with Crippen LogP contribution in [0.5, 0.6) is 0 Å². The molecule has 0 atom stereocenters. The largest absolute Gasteiger partial charge is 0.392 e. The molecule has 0 aliphatic heterocycles. The number of hydrogen-bond acceptors (Lipinski definition) is 3. The van der Waals surface area contributed by atoms with Gasteiger partial charge >= 0.3 is 0 Å². The number of benzene rings is 1. The van der Waals surface area contributed by atoms with Gasteiger partial charge in [-0.05, 0) is 31.0 Å². The number of thiocarbonyl (C=S) groups is 1. The van der Waals surface area contributed by atoms with E-state index in [0.29, 0.717) is 5.69 Å². The van der Waals surface area contributed by atoms with Crippen LogP contribution in [0.2, 0.25) is 0 Å². The first kappa shape index (κ1) is 12.9. The second-order valence-electron chi connectivity index (χ2n) is 3.65. The highest BCUT2D eigenvalue weighted by Crippen LogP contribution is 2.17. The molecule has 0 aliphatic rings. The fourth-order valence-corrected chi connectivity index (χ4v) is 2.70. The van der Waals surface area contributed by atoms with Gasteiger partial charge in [0.2, 0.25) is 10.0 Å². The van der Waals surface area contributed by atoms with Crippen LogP contribution in [0.4, 0.5) is 5.69 Å². The molecule has 1 rings (SSSR count). The van der Waals surface area contributed by atoms with Gasteiger partial charge in [-0.15, -0.1) is 0 Å². The van der Waals surface area contributed by atoms with Gasteiger partial charge in [0.05, 0.1) is 10.7 Å². The minimum absolute atomic E-state index is 0.0437. The summed E-state index contributed by atoms with van der Waals surface area (Å²) in [7, 11) is -3.49. The van der Waals surface area contributed by atoms with E-state index in [1.54, 1.807) is 6.07 Å². The van der Waals surface area contributed by atoms with Gasteiger partial charge in [0.1, 0.15) is 5.75 Å². The van der Waals surface area contributed by atoms with Crippen LogP contribution in [-0.4, -0.2) is 19.2 Å². The molecule has 3 N–H and O–H groups in total. The Kier molecular flexibility index (Phi) is 3.88. The van der Waals surface area contributed by atoms with Crippen molar-refractivity contribution in [2.45, 2.75) is 13.8 Å². The van der Waals surface area contributed by atoms with E-state index in [9.17, 15) is 8.42 Å². The summed E-state index contributed by atoms with van der Waals surface area (Å²) in [5, 5.41) is 0. The van der Waals surface area contributed by atoms with Gasteiger partial charge in [-0.2, -0.15) is 0 Å². The molecule has 0 bridgehead atoms. The predicted molar refractivity (Wildman–Crippen MR) is 70.1 cm³/mol. The summed E-state index contributed by atoms with van der Waals surface area (Å²) in [6.07, 6.45) is 0. The number of nitrogens with one attached hydrogen (secondary N) is 1. The Hall–Kier alpha value is -1.14. The van der Waals surface area contributed by atoms with Gasteiger partial charge in [0.15, 0.2) is 0 Å². The van der Waals surface area contributed by atoms with Crippen LogP contribution in [-0.2, 0) is 10.0 Å². The first-order chi connectivity index (χ1) is 7.30. The number of aryl methyl sites for hydroxylation is 2. The zero-order chi connectivity index (χ0) is 12.3. The van der Waals surface area contributed by atoms with Gasteiger partial charge in [-0.1, -0.05) is 24.4 Å². The average molecular weight is 258 g/mol. The van der Waals surface area contributed by atoms with Crippen LogP contribution in [0.15, 0.2) is 18.2 Å². The summed E-state index contributed by atoms with van der Waals surface area (Å²) in [6, 6.07) is 5.54. The maximum Gasteiger partial charge on any atom is 0.239 e. The van der Waals surface area contributed by atoms with Crippen molar-refractivity contribution in [3.8, 4) is 0 Å².